The predicted octanol–water partition coefficient (Wildman–Crippen LogP) is 2.82. The third-order valence-corrected chi connectivity index (χ3v) is 2.95. The Balaban J connectivity index is 2.25. The topological polar surface area (TPSA) is 50.9 Å². The summed E-state index contributed by atoms with van der Waals surface area (Å²) in [5.41, 5.74) is 2.76. The number of rotatable bonds is 2. The average molecular weight is 239 g/mol. The predicted molar refractivity (Wildman–Crippen MR) is 70.3 cm³/mol. The molecule has 18 heavy (non-hydrogen) atoms. The minimum Gasteiger partial charge on any atom is -0.508 e. The first-order valence-electron chi connectivity index (χ1n) is 5.90. The van der Waals surface area contributed by atoms with Gasteiger partial charge in [-0.3, -0.25) is 0 Å². The van der Waals surface area contributed by atoms with Crippen molar-refractivity contribution in [2.24, 2.45) is 0 Å². The monoisotopic (exact) mass is 239 g/mol. The molecule has 0 unspecified atom stereocenters. The fourth-order valence-electron chi connectivity index (χ4n) is 2.09. The summed E-state index contributed by atoms with van der Waals surface area (Å²) in [7, 11) is 0. The SMILES string of the molecule is CCn1c(-c2ccc(O)cc2)nc2cccnc21. The molecular weight excluding hydrogens is 226 g/mol. The Labute approximate surface area is 105 Å². The van der Waals surface area contributed by atoms with Crippen molar-refractivity contribution < 1.29 is 5.11 Å². The van der Waals surface area contributed by atoms with E-state index in [0.717, 1.165) is 29.1 Å². The van der Waals surface area contributed by atoms with Crippen LogP contribution in [0.5, 0.6) is 5.75 Å². The summed E-state index contributed by atoms with van der Waals surface area (Å²) in [4.78, 5) is 8.97. The van der Waals surface area contributed by atoms with Gasteiger partial charge in [-0.2, -0.15) is 0 Å². The van der Waals surface area contributed by atoms with E-state index in [9.17, 15) is 5.11 Å². The second-order valence-electron chi connectivity index (χ2n) is 4.07. The number of phenolic OH excluding ortho intramolecular Hbond substituents is 1. The van der Waals surface area contributed by atoms with Crippen LogP contribution in [0.25, 0.3) is 22.6 Å². The van der Waals surface area contributed by atoms with E-state index in [1.807, 2.05) is 24.3 Å². The maximum atomic E-state index is 9.33. The summed E-state index contributed by atoms with van der Waals surface area (Å²) in [5.74, 6) is 1.14. The summed E-state index contributed by atoms with van der Waals surface area (Å²) in [6, 6.07) is 10.9. The molecule has 0 aliphatic carbocycles. The van der Waals surface area contributed by atoms with Crippen LogP contribution in [-0.4, -0.2) is 19.6 Å². The number of aromatic hydroxyl groups is 1. The van der Waals surface area contributed by atoms with E-state index in [1.54, 1.807) is 18.3 Å². The van der Waals surface area contributed by atoms with Crippen LogP contribution in [0.15, 0.2) is 42.6 Å². The Hall–Kier alpha value is -2.36. The van der Waals surface area contributed by atoms with E-state index >= 15 is 0 Å². The van der Waals surface area contributed by atoms with Crippen molar-refractivity contribution in [3.05, 3.63) is 42.6 Å². The van der Waals surface area contributed by atoms with Gasteiger partial charge >= 0.3 is 0 Å². The molecule has 0 bridgehead atoms. The molecule has 1 N–H and O–H groups in total. The van der Waals surface area contributed by atoms with Crippen molar-refractivity contribution in [3.63, 3.8) is 0 Å². The van der Waals surface area contributed by atoms with Crippen LogP contribution in [0, 0.1) is 0 Å². The van der Waals surface area contributed by atoms with Gasteiger partial charge in [0.15, 0.2) is 5.65 Å². The van der Waals surface area contributed by atoms with Gasteiger partial charge in [0.05, 0.1) is 0 Å². The Morgan fingerprint density at radius 2 is 1.94 bits per heavy atom. The maximum Gasteiger partial charge on any atom is 0.160 e. The van der Waals surface area contributed by atoms with Gasteiger partial charge in [0.1, 0.15) is 17.1 Å². The Bertz CT molecular complexity index is 686. The zero-order valence-electron chi connectivity index (χ0n) is 10.0. The number of benzene rings is 1. The maximum absolute atomic E-state index is 9.33. The summed E-state index contributed by atoms with van der Waals surface area (Å²) < 4.78 is 2.07. The summed E-state index contributed by atoms with van der Waals surface area (Å²) in [6.07, 6.45) is 1.77. The molecule has 1 aromatic carbocycles. The van der Waals surface area contributed by atoms with Gasteiger partial charge in [0, 0.05) is 18.3 Å². The minimum absolute atomic E-state index is 0.260. The molecule has 3 aromatic rings. The second-order valence-corrected chi connectivity index (χ2v) is 4.07. The zero-order chi connectivity index (χ0) is 12.5. The van der Waals surface area contributed by atoms with Crippen LogP contribution >= 0.6 is 0 Å². The number of nitrogens with zero attached hydrogens (tertiary/aromatic N) is 3. The molecule has 4 nitrogen and oxygen atoms in total. The number of hydrogen-bond donors (Lipinski definition) is 1. The molecule has 0 aliphatic heterocycles. The van der Waals surface area contributed by atoms with Crippen LogP contribution in [0.4, 0.5) is 0 Å². The molecule has 4 heteroatoms. The van der Waals surface area contributed by atoms with Gasteiger partial charge in [-0.05, 0) is 43.3 Å². The molecule has 0 atom stereocenters. The van der Waals surface area contributed by atoms with E-state index in [0.29, 0.717) is 0 Å². The van der Waals surface area contributed by atoms with Crippen LogP contribution in [0.3, 0.4) is 0 Å². The van der Waals surface area contributed by atoms with Gasteiger partial charge in [0.2, 0.25) is 0 Å². The zero-order valence-corrected chi connectivity index (χ0v) is 10.0. The first-order chi connectivity index (χ1) is 8.79. The normalized spacial score (nSPS) is 10.9. The van der Waals surface area contributed by atoms with Crippen LogP contribution < -0.4 is 0 Å². The molecule has 0 spiro atoms. The minimum atomic E-state index is 0.260. The average Bonchev–Trinajstić information content (AvgIpc) is 2.78. The fourth-order valence-corrected chi connectivity index (χ4v) is 2.09. The highest BCUT2D eigenvalue weighted by Gasteiger charge is 2.11. The van der Waals surface area contributed by atoms with Crippen molar-refractivity contribution in [3.8, 4) is 17.1 Å². The lowest BCUT2D eigenvalue weighted by Crippen LogP contribution is -1.98. The largest absolute Gasteiger partial charge is 0.508 e. The van der Waals surface area contributed by atoms with Crippen molar-refractivity contribution in [1.29, 1.82) is 0 Å². The van der Waals surface area contributed by atoms with E-state index in [2.05, 4.69) is 21.5 Å². The lowest BCUT2D eigenvalue weighted by atomic mass is 10.2. The number of fused-ring (bicyclic) bond motifs is 1. The van der Waals surface area contributed by atoms with Gasteiger partial charge in [-0.25, -0.2) is 9.97 Å². The van der Waals surface area contributed by atoms with Gasteiger partial charge in [-0.15, -0.1) is 0 Å². The molecule has 0 fully saturated rings. The van der Waals surface area contributed by atoms with Crippen molar-refractivity contribution >= 4 is 11.2 Å². The summed E-state index contributed by atoms with van der Waals surface area (Å²) >= 11 is 0. The van der Waals surface area contributed by atoms with Crippen molar-refractivity contribution in [2.75, 3.05) is 0 Å². The van der Waals surface area contributed by atoms with Gasteiger partial charge in [0.25, 0.3) is 0 Å². The highest BCUT2D eigenvalue weighted by molar-refractivity contribution is 5.77. The number of phenols is 1. The quantitative estimate of drug-likeness (QED) is 0.748. The summed E-state index contributed by atoms with van der Waals surface area (Å²) in [6.45, 7) is 2.88. The highest BCUT2D eigenvalue weighted by atomic mass is 16.3. The Morgan fingerprint density at radius 3 is 2.67 bits per heavy atom. The molecule has 3 rings (SSSR count). The van der Waals surface area contributed by atoms with Crippen molar-refractivity contribution in [1.82, 2.24) is 14.5 Å². The Morgan fingerprint density at radius 1 is 1.17 bits per heavy atom. The van der Waals surface area contributed by atoms with E-state index in [1.165, 1.54) is 0 Å². The fraction of sp³-hybridized carbons (Fsp3) is 0.143. The number of hydrogen-bond acceptors (Lipinski definition) is 3. The number of aryl methyl sites for hydroxylation is 1. The highest BCUT2D eigenvalue weighted by Crippen LogP contribution is 2.24. The standard InChI is InChI=1S/C14H13N3O/c1-2-17-13(10-5-7-11(18)8-6-10)16-12-4-3-9-15-14(12)17/h3-9,18H,2H2,1H3. The molecule has 90 valence electrons. The molecule has 0 aliphatic rings. The number of aromatic nitrogens is 3. The third-order valence-electron chi connectivity index (χ3n) is 2.95. The van der Waals surface area contributed by atoms with E-state index in [-0.39, 0.29) is 5.75 Å². The summed E-state index contributed by atoms with van der Waals surface area (Å²) in [5, 5.41) is 9.33. The molecule has 0 saturated carbocycles. The van der Waals surface area contributed by atoms with Crippen LogP contribution in [-0.2, 0) is 6.54 Å². The first kappa shape index (κ1) is 10.8. The lowest BCUT2D eigenvalue weighted by molar-refractivity contribution is 0.475. The Kier molecular flexibility index (Phi) is 2.48. The van der Waals surface area contributed by atoms with Crippen molar-refractivity contribution in [2.45, 2.75) is 13.5 Å². The molecule has 2 heterocycles. The molecule has 0 saturated heterocycles. The molecule has 0 amide bonds. The molecule has 0 radical (unpaired) electrons. The van der Waals surface area contributed by atoms with Gasteiger partial charge < -0.3 is 9.67 Å². The second kappa shape index (κ2) is 4.14. The number of imidazole rings is 1. The van der Waals surface area contributed by atoms with E-state index < -0.39 is 0 Å². The first-order valence-corrected chi connectivity index (χ1v) is 5.90. The molecule has 2 aromatic heterocycles. The van der Waals surface area contributed by atoms with E-state index in [4.69, 9.17) is 0 Å². The van der Waals surface area contributed by atoms with Crippen LogP contribution in [0.1, 0.15) is 6.92 Å². The lowest BCUT2D eigenvalue weighted by Gasteiger charge is -2.05. The third kappa shape index (κ3) is 1.62. The number of pyridine rings is 1. The van der Waals surface area contributed by atoms with Crippen LogP contribution in [0.2, 0.25) is 0 Å². The smallest absolute Gasteiger partial charge is 0.160 e. The van der Waals surface area contributed by atoms with Gasteiger partial charge in [-0.1, -0.05) is 0 Å². The molecular formula is C14H13N3O.